The summed E-state index contributed by atoms with van der Waals surface area (Å²) in [5.74, 6) is 2.01. The number of likely N-dealkylation sites (tertiary alicyclic amines) is 1. The number of nitrogens with zero attached hydrogens (tertiary/aromatic N) is 2. The second-order valence-electron chi connectivity index (χ2n) is 8.77. The zero-order chi connectivity index (χ0) is 21.1. The molecule has 0 radical (unpaired) electrons. The molecular weight excluding hydrogens is 487 g/mol. The molecule has 1 fully saturated rings. The summed E-state index contributed by atoms with van der Waals surface area (Å²) < 4.78 is 0. The van der Waals surface area contributed by atoms with Gasteiger partial charge in [0.1, 0.15) is 0 Å². The topological polar surface area (TPSA) is 59.9 Å². The average Bonchev–Trinajstić information content (AvgIpc) is 2.72. The van der Waals surface area contributed by atoms with Gasteiger partial charge in [0.2, 0.25) is 0 Å². The summed E-state index contributed by atoms with van der Waals surface area (Å²) in [4.78, 5) is 7.43. The van der Waals surface area contributed by atoms with E-state index >= 15 is 0 Å². The van der Waals surface area contributed by atoms with E-state index in [9.17, 15) is 5.11 Å². The number of hydrogen-bond acceptors (Lipinski definition) is 3. The van der Waals surface area contributed by atoms with Crippen LogP contribution in [0.5, 0.6) is 0 Å². The van der Waals surface area contributed by atoms with Gasteiger partial charge in [0.25, 0.3) is 0 Å². The maximum Gasteiger partial charge on any atom is 0.191 e. The quantitative estimate of drug-likeness (QED) is 0.238. The van der Waals surface area contributed by atoms with Crippen LogP contribution in [0, 0.1) is 11.8 Å². The molecule has 1 aliphatic rings. The Bertz CT molecular complexity index is 588. The summed E-state index contributed by atoms with van der Waals surface area (Å²) in [5.41, 5.74) is 1.40. The Kier molecular flexibility index (Phi) is 13.6. The largest absolute Gasteiger partial charge is 0.396 e. The maximum atomic E-state index is 9.35. The summed E-state index contributed by atoms with van der Waals surface area (Å²) in [6.07, 6.45) is 4.21. The monoisotopic (exact) mass is 530 g/mol. The van der Waals surface area contributed by atoms with Crippen molar-refractivity contribution in [2.24, 2.45) is 16.8 Å². The molecule has 1 aromatic rings. The Balaban J connectivity index is 0.00000450. The first-order valence-corrected chi connectivity index (χ1v) is 11.5. The molecule has 0 bridgehead atoms. The summed E-state index contributed by atoms with van der Waals surface area (Å²) in [6, 6.07) is 11.7. The zero-order valence-corrected chi connectivity index (χ0v) is 21.6. The van der Waals surface area contributed by atoms with Crippen molar-refractivity contribution in [1.82, 2.24) is 15.5 Å². The van der Waals surface area contributed by atoms with Crippen LogP contribution in [0.15, 0.2) is 35.3 Å². The van der Waals surface area contributed by atoms with Crippen molar-refractivity contribution in [3.8, 4) is 0 Å². The number of aliphatic hydroxyl groups is 1. The number of hydrogen-bond donors (Lipinski definition) is 3. The van der Waals surface area contributed by atoms with Crippen LogP contribution in [0.4, 0.5) is 0 Å². The van der Waals surface area contributed by atoms with Crippen LogP contribution in [0.25, 0.3) is 0 Å². The summed E-state index contributed by atoms with van der Waals surface area (Å²) in [5, 5.41) is 16.4. The van der Waals surface area contributed by atoms with Gasteiger partial charge in [0.15, 0.2) is 5.96 Å². The van der Waals surface area contributed by atoms with Gasteiger partial charge in [0, 0.05) is 44.9 Å². The average molecular weight is 531 g/mol. The summed E-state index contributed by atoms with van der Waals surface area (Å²) in [7, 11) is 0. The lowest BCUT2D eigenvalue weighted by Gasteiger charge is -2.37. The molecule has 30 heavy (non-hydrogen) atoms. The molecule has 3 N–H and O–H groups in total. The lowest BCUT2D eigenvalue weighted by Crippen LogP contribution is -2.49. The third-order valence-corrected chi connectivity index (χ3v) is 5.89. The number of guanidine groups is 1. The Labute approximate surface area is 201 Å². The molecule has 0 saturated carbocycles. The first-order valence-electron chi connectivity index (χ1n) is 11.5. The van der Waals surface area contributed by atoms with E-state index < -0.39 is 0 Å². The maximum absolute atomic E-state index is 9.35. The summed E-state index contributed by atoms with van der Waals surface area (Å²) >= 11 is 0. The predicted octanol–water partition coefficient (Wildman–Crippen LogP) is 4.43. The number of benzene rings is 1. The lowest BCUT2D eigenvalue weighted by atomic mass is 9.94. The van der Waals surface area contributed by atoms with E-state index in [1.807, 2.05) is 0 Å². The van der Waals surface area contributed by atoms with Crippen molar-refractivity contribution in [1.29, 1.82) is 0 Å². The second-order valence-corrected chi connectivity index (χ2v) is 8.77. The van der Waals surface area contributed by atoms with Gasteiger partial charge in [-0.1, -0.05) is 44.2 Å². The third kappa shape index (κ3) is 9.52. The van der Waals surface area contributed by atoms with Crippen LogP contribution in [0.2, 0.25) is 0 Å². The van der Waals surface area contributed by atoms with Crippen molar-refractivity contribution in [3.63, 3.8) is 0 Å². The number of halogens is 1. The highest BCUT2D eigenvalue weighted by molar-refractivity contribution is 14.0. The van der Waals surface area contributed by atoms with Gasteiger partial charge in [-0.15, -0.1) is 24.0 Å². The standard InChI is InChI=1S/C24H42N4O.HI/c1-5-25-24(26-18-21(13-16-29)17-19(2)3)27-23-11-14-28(15-12-23)20(4)22-9-7-6-8-10-22;/h6-10,19-21,23,29H,5,11-18H2,1-4H3,(H2,25,26,27);1H. The minimum absolute atomic E-state index is 0. The molecule has 1 aromatic carbocycles. The molecule has 0 aromatic heterocycles. The SMILES string of the molecule is CCNC(=NCC(CCO)CC(C)C)NC1CCN(C(C)c2ccccc2)CC1.I. The van der Waals surface area contributed by atoms with Gasteiger partial charge in [-0.05, 0) is 56.9 Å². The fourth-order valence-electron chi connectivity index (χ4n) is 4.24. The Hall–Kier alpha value is -0.860. The Morgan fingerprint density at radius 3 is 2.40 bits per heavy atom. The van der Waals surface area contributed by atoms with Gasteiger partial charge in [-0.2, -0.15) is 0 Å². The summed E-state index contributed by atoms with van der Waals surface area (Å²) in [6.45, 7) is 13.0. The molecule has 0 spiro atoms. The molecule has 172 valence electrons. The van der Waals surface area contributed by atoms with Crippen LogP contribution < -0.4 is 10.6 Å². The van der Waals surface area contributed by atoms with Crippen molar-refractivity contribution in [2.45, 2.75) is 65.5 Å². The fourth-order valence-corrected chi connectivity index (χ4v) is 4.24. The van der Waals surface area contributed by atoms with E-state index in [2.05, 4.69) is 73.6 Å². The number of nitrogens with one attached hydrogen (secondary N) is 2. The molecule has 0 amide bonds. The van der Waals surface area contributed by atoms with Crippen LogP contribution in [-0.2, 0) is 0 Å². The Morgan fingerprint density at radius 2 is 1.83 bits per heavy atom. The fraction of sp³-hybridized carbons (Fsp3) is 0.708. The van der Waals surface area contributed by atoms with Gasteiger partial charge in [-0.25, -0.2) is 0 Å². The van der Waals surface area contributed by atoms with Gasteiger partial charge < -0.3 is 15.7 Å². The van der Waals surface area contributed by atoms with E-state index in [1.165, 1.54) is 5.56 Å². The third-order valence-electron chi connectivity index (χ3n) is 5.89. The van der Waals surface area contributed by atoms with Crippen LogP contribution >= 0.6 is 24.0 Å². The molecule has 1 aliphatic heterocycles. The molecule has 0 aliphatic carbocycles. The van der Waals surface area contributed by atoms with E-state index in [0.29, 0.717) is 23.9 Å². The van der Waals surface area contributed by atoms with Crippen molar-refractivity contribution in [3.05, 3.63) is 35.9 Å². The van der Waals surface area contributed by atoms with Crippen molar-refractivity contribution >= 4 is 29.9 Å². The first kappa shape index (κ1) is 27.2. The molecule has 6 heteroatoms. The molecular formula is C24H43IN4O. The zero-order valence-electron chi connectivity index (χ0n) is 19.3. The van der Waals surface area contributed by atoms with E-state index in [1.54, 1.807) is 0 Å². The second kappa shape index (κ2) is 15.0. The van der Waals surface area contributed by atoms with Gasteiger partial charge in [0.05, 0.1) is 0 Å². The smallest absolute Gasteiger partial charge is 0.191 e. The van der Waals surface area contributed by atoms with Crippen LogP contribution in [0.1, 0.15) is 65.0 Å². The lowest BCUT2D eigenvalue weighted by molar-refractivity contribution is 0.158. The minimum Gasteiger partial charge on any atom is -0.396 e. The molecule has 2 atom stereocenters. The van der Waals surface area contributed by atoms with Crippen LogP contribution in [0.3, 0.4) is 0 Å². The molecule has 2 unspecified atom stereocenters. The highest BCUT2D eigenvalue weighted by Crippen LogP contribution is 2.24. The highest BCUT2D eigenvalue weighted by atomic mass is 127. The van der Waals surface area contributed by atoms with Crippen molar-refractivity contribution < 1.29 is 5.11 Å². The van der Waals surface area contributed by atoms with E-state index in [-0.39, 0.29) is 30.6 Å². The van der Waals surface area contributed by atoms with E-state index in [4.69, 9.17) is 4.99 Å². The molecule has 2 rings (SSSR count). The van der Waals surface area contributed by atoms with Gasteiger partial charge in [-0.3, -0.25) is 9.89 Å². The number of aliphatic imine (C=N–C) groups is 1. The Morgan fingerprint density at radius 1 is 1.17 bits per heavy atom. The van der Waals surface area contributed by atoms with Crippen molar-refractivity contribution in [2.75, 3.05) is 32.8 Å². The number of piperidine rings is 1. The first-order chi connectivity index (χ1) is 14.0. The molecule has 1 heterocycles. The number of rotatable bonds is 10. The number of aliphatic hydroxyl groups excluding tert-OH is 1. The van der Waals surface area contributed by atoms with Gasteiger partial charge >= 0.3 is 0 Å². The van der Waals surface area contributed by atoms with Crippen LogP contribution in [-0.4, -0.2) is 54.8 Å². The molecule has 5 nitrogen and oxygen atoms in total. The molecule has 1 saturated heterocycles. The predicted molar refractivity (Wildman–Crippen MR) is 139 cm³/mol. The van der Waals surface area contributed by atoms with E-state index in [0.717, 1.165) is 57.8 Å². The normalized spacial score (nSPS) is 18.0. The minimum atomic E-state index is 0. The highest BCUT2D eigenvalue weighted by Gasteiger charge is 2.24.